The third-order valence-corrected chi connectivity index (χ3v) is 3.50. The molecule has 0 bridgehead atoms. The number of hydrogen-bond acceptors (Lipinski definition) is 3. The van der Waals surface area contributed by atoms with E-state index in [0.29, 0.717) is 0 Å². The second-order valence-corrected chi connectivity index (χ2v) is 4.52. The summed E-state index contributed by atoms with van der Waals surface area (Å²) in [5.74, 6) is 0. The van der Waals surface area contributed by atoms with Gasteiger partial charge in [0.05, 0.1) is 9.09 Å². The molecule has 0 amide bonds. The van der Waals surface area contributed by atoms with Gasteiger partial charge in [-0.05, 0) is 18.4 Å². The molecule has 0 unspecified atom stereocenters. The van der Waals surface area contributed by atoms with Crippen LogP contribution in [0.25, 0.3) is 6.08 Å². The maximum atomic E-state index is 10.6. The number of carbonyl (C=O) groups is 1. The Morgan fingerprint density at radius 3 is 3.17 bits per heavy atom. The van der Waals surface area contributed by atoms with Crippen molar-refractivity contribution < 1.29 is 4.79 Å². The highest BCUT2D eigenvalue weighted by Crippen LogP contribution is 2.34. The van der Waals surface area contributed by atoms with Crippen LogP contribution in [0.2, 0.25) is 0 Å². The fourth-order valence-corrected chi connectivity index (χ4v) is 2.83. The lowest BCUT2D eigenvalue weighted by molar-refractivity contribution is 0.112. The molecule has 1 aromatic heterocycles. The summed E-state index contributed by atoms with van der Waals surface area (Å²) in [6.45, 7) is 0. The van der Waals surface area contributed by atoms with Gasteiger partial charge in [-0.3, -0.25) is 4.79 Å². The van der Waals surface area contributed by atoms with Crippen LogP contribution in [0.4, 0.5) is 0 Å². The summed E-state index contributed by atoms with van der Waals surface area (Å²) in [6.07, 6.45) is 7.14. The van der Waals surface area contributed by atoms with E-state index in [1.54, 1.807) is 0 Å². The molecule has 1 nitrogen and oxygen atoms in total. The van der Waals surface area contributed by atoms with Crippen molar-refractivity contribution in [2.45, 2.75) is 17.1 Å². The largest absolute Gasteiger partial charge is 0.297 e. The Bertz CT molecular complexity index is 350. The van der Waals surface area contributed by atoms with E-state index in [4.69, 9.17) is 0 Å². The molecular formula is C9H8OS2. The molecule has 0 N–H and O–H groups in total. The summed E-state index contributed by atoms with van der Waals surface area (Å²) in [5.41, 5.74) is 2.33. The Morgan fingerprint density at radius 2 is 2.42 bits per heavy atom. The zero-order valence-corrected chi connectivity index (χ0v) is 8.12. The number of thiophene rings is 1. The summed E-state index contributed by atoms with van der Waals surface area (Å²) in [4.78, 5) is 11.5. The first-order chi connectivity index (χ1) is 5.83. The zero-order valence-electron chi connectivity index (χ0n) is 6.41. The maximum Gasteiger partial charge on any atom is 0.160 e. The maximum absolute atomic E-state index is 10.6. The van der Waals surface area contributed by atoms with Crippen LogP contribution < -0.4 is 0 Å². The Morgan fingerprint density at radius 1 is 1.58 bits per heavy atom. The van der Waals surface area contributed by atoms with E-state index in [1.165, 1.54) is 16.9 Å². The minimum atomic E-state index is 0.847. The van der Waals surface area contributed by atoms with Gasteiger partial charge in [0.2, 0.25) is 0 Å². The van der Waals surface area contributed by atoms with E-state index in [2.05, 4.69) is 24.8 Å². The number of fused-ring (bicyclic) bond motifs is 1. The fraction of sp³-hybridized carbons (Fsp3) is 0.222. The van der Waals surface area contributed by atoms with Gasteiger partial charge in [-0.15, -0.1) is 24.0 Å². The SMILES string of the molecule is O=Cc1sc(S)c2c1CCC=C2. The monoisotopic (exact) mass is 196 g/mol. The Balaban J connectivity index is 2.63. The molecule has 1 heterocycles. The van der Waals surface area contributed by atoms with Gasteiger partial charge in [0.25, 0.3) is 0 Å². The smallest absolute Gasteiger partial charge is 0.160 e. The summed E-state index contributed by atoms with van der Waals surface area (Å²) >= 11 is 5.79. The van der Waals surface area contributed by atoms with Gasteiger partial charge in [-0.2, -0.15) is 0 Å². The molecule has 0 aromatic carbocycles. The summed E-state index contributed by atoms with van der Waals surface area (Å²) < 4.78 is 0.961. The van der Waals surface area contributed by atoms with Crippen molar-refractivity contribution in [3.05, 3.63) is 22.1 Å². The van der Waals surface area contributed by atoms with Gasteiger partial charge in [0.15, 0.2) is 6.29 Å². The second-order valence-electron chi connectivity index (χ2n) is 2.72. The zero-order chi connectivity index (χ0) is 8.55. The summed E-state index contributed by atoms with van der Waals surface area (Å²) in [5, 5.41) is 0. The van der Waals surface area contributed by atoms with Gasteiger partial charge >= 0.3 is 0 Å². The van der Waals surface area contributed by atoms with Gasteiger partial charge < -0.3 is 0 Å². The topological polar surface area (TPSA) is 17.1 Å². The predicted octanol–water partition coefficient (Wildman–Crippen LogP) is 2.81. The number of thiol groups is 1. The first kappa shape index (κ1) is 8.08. The third-order valence-electron chi connectivity index (χ3n) is 2.01. The molecule has 12 heavy (non-hydrogen) atoms. The lowest BCUT2D eigenvalue weighted by atomic mass is 10.0. The normalized spacial score (nSPS) is 14.4. The number of carbonyl (C=O) groups excluding carboxylic acids is 1. The van der Waals surface area contributed by atoms with Crippen molar-refractivity contribution >= 4 is 36.3 Å². The van der Waals surface area contributed by atoms with Crippen molar-refractivity contribution in [1.29, 1.82) is 0 Å². The van der Waals surface area contributed by atoms with Crippen molar-refractivity contribution in [2.75, 3.05) is 0 Å². The molecular weight excluding hydrogens is 188 g/mol. The molecule has 62 valence electrons. The Kier molecular flexibility index (Phi) is 2.07. The standard InChI is InChI=1S/C9H8OS2/c10-5-8-6-3-1-2-4-7(6)9(11)12-8/h2,4-5,11H,1,3H2. The molecule has 1 aliphatic rings. The van der Waals surface area contributed by atoms with Crippen molar-refractivity contribution in [2.24, 2.45) is 0 Å². The number of allylic oxidation sites excluding steroid dienone is 1. The summed E-state index contributed by atoms with van der Waals surface area (Å²) in [6, 6.07) is 0. The number of aldehydes is 1. The van der Waals surface area contributed by atoms with Crippen LogP contribution in [0.5, 0.6) is 0 Å². The molecule has 3 heteroatoms. The van der Waals surface area contributed by atoms with Crippen molar-refractivity contribution in [3.63, 3.8) is 0 Å². The minimum absolute atomic E-state index is 0.847. The molecule has 0 radical (unpaired) electrons. The molecule has 0 saturated carbocycles. The van der Waals surface area contributed by atoms with E-state index in [-0.39, 0.29) is 0 Å². The average Bonchev–Trinajstić information content (AvgIpc) is 2.44. The van der Waals surface area contributed by atoms with Crippen molar-refractivity contribution in [1.82, 2.24) is 0 Å². The van der Waals surface area contributed by atoms with Crippen LogP contribution in [0.3, 0.4) is 0 Å². The highest BCUT2D eigenvalue weighted by Gasteiger charge is 2.15. The van der Waals surface area contributed by atoms with Crippen LogP contribution in [-0.2, 0) is 6.42 Å². The van der Waals surface area contributed by atoms with Crippen molar-refractivity contribution in [3.8, 4) is 0 Å². The highest BCUT2D eigenvalue weighted by atomic mass is 32.2. The molecule has 1 aromatic rings. The first-order valence-corrected chi connectivity index (χ1v) is 5.05. The second kappa shape index (κ2) is 3.07. The lowest BCUT2D eigenvalue weighted by Gasteiger charge is -2.04. The average molecular weight is 196 g/mol. The van der Waals surface area contributed by atoms with E-state index in [9.17, 15) is 4.79 Å². The Labute approximate surface area is 80.5 Å². The van der Waals surface area contributed by atoms with Crippen LogP contribution in [0.1, 0.15) is 27.2 Å². The molecule has 0 atom stereocenters. The number of hydrogen-bond donors (Lipinski definition) is 1. The molecule has 0 spiro atoms. The van der Waals surface area contributed by atoms with E-state index >= 15 is 0 Å². The third kappa shape index (κ3) is 1.13. The minimum Gasteiger partial charge on any atom is -0.297 e. The fourth-order valence-electron chi connectivity index (χ4n) is 1.44. The summed E-state index contributed by atoms with van der Waals surface area (Å²) in [7, 11) is 0. The van der Waals surface area contributed by atoms with Gasteiger partial charge in [-0.1, -0.05) is 12.2 Å². The van der Waals surface area contributed by atoms with Gasteiger partial charge in [0, 0.05) is 5.56 Å². The first-order valence-electron chi connectivity index (χ1n) is 3.79. The molecule has 0 saturated heterocycles. The molecule has 0 fully saturated rings. The van der Waals surface area contributed by atoms with Crippen LogP contribution in [0.15, 0.2) is 10.3 Å². The quantitative estimate of drug-likeness (QED) is 0.540. The number of rotatable bonds is 1. The van der Waals surface area contributed by atoms with Crippen LogP contribution >= 0.6 is 24.0 Å². The van der Waals surface area contributed by atoms with Crippen LogP contribution in [-0.4, -0.2) is 6.29 Å². The van der Waals surface area contributed by atoms with E-state index in [0.717, 1.165) is 33.8 Å². The van der Waals surface area contributed by atoms with E-state index in [1.807, 2.05) is 0 Å². The molecule has 2 rings (SSSR count). The van der Waals surface area contributed by atoms with Gasteiger partial charge in [0.1, 0.15) is 0 Å². The van der Waals surface area contributed by atoms with E-state index < -0.39 is 0 Å². The predicted molar refractivity (Wildman–Crippen MR) is 54.3 cm³/mol. The Hall–Kier alpha value is -0.540. The lowest BCUT2D eigenvalue weighted by Crippen LogP contribution is -1.93. The van der Waals surface area contributed by atoms with Gasteiger partial charge in [-0.25, -0.2) is 0 Å². The molecule has 1 aliphatic carbocycles. The molecule has 0 aliphatic heterocycles. The highest BCUT2D eigenvalue weighted by molar-refractivity contribution is 7.83. The van der Waals surface area contributed by atoms with Crippen LogP contribution in [0, 0.1) is 0 Å².